The van der Waals surface area contributed by atoms with Crippen molar-refractivity contribution in [3.05, 3.63) is 221 Å². The van der Waals surface area contributed by atoms with Crippen LogP contribution in [0.4, 0.5) is 0 Å². The van der Waals surface area contributed by atoms with E-state index in [4.69, 9.17) is 33.0 Å². The molecule has 8 aromatic carbocycles. The molecule has 0 N–H and O–H groups in total. The number of aromatic nitrogens is 4. The molecule has 0 aliphatic carbocycles. The van der Waals surface area contributed by atoms with Gasteiger partial charge in [-0.2, -0.15) is 0 Å². The third-order valence-electron chi connectivity index (χ3n) is 10.2. The Balaban J connectivity index is 1.10. The monoisotopic (exact) mass is 980 g/mol. The van der Waals surface area contributed by atoms with Crippen molar-refractivity contribution < 1.29 is 47.4 Å². The molecule has 11 aromatic rings. The van der Waals surface area contributed by atoms with Crippen LogP contribution < -0.4 is 4.74 Å². The van der Waals surface area contributed by atoms with E-state index >= 15 is 0 Å². The Morgan fingerprint density at radius 1 is 0.557 bits per heavy atom. The molecule has 0 amide bonds. The van der Waals surface area contributed by atoms with Crippen molar-refractivity contribution in [1.29, 1.82) is 0 Å². The van der Waals surface area contributed by atoms with Crippen LogP contribution in [0, 0.1) is 22.8 Å². The fourth-order valence-corrected chi connectivity index (χ4v) is 8.66. The second kappa shape index (κ2) is 15.4. The maximum atomic E-state index is 9.09. The Kier molecular flexibility index (Phi) is 5.76. The van der Waals surface area contributed by atoms with Crippen LogP contribution in [0.25, 0.3) is 83.4 Å². The number of pyridine rings is 1. The molecular formula is C55H36N4OPt-2. The number of para-hydroxylation sites is 4. The summed E-state index contributed by atoms with van der Waals surface area (Å²) >= 11 is 2.07. The second-order valence-electron chi connectivity index (χ2n) is 13.7. The van der Waals surface area contributed by atoms with E-state index in [1.54, 1.807) is 95.6 Å². The van der Waals surface area contributed by atoms with Gasteiger partial charge in [-0.25, -0.2) is 0 Å². The van der Waals surface area contributed by atoms with Crippen molar-refractivity contribution in [2.75, 3.05) is 0 Å². The summed E-state index contributed by atoms with van der Waals surface area (Å²) in [5, 5.41) is 0.512. The van der Waals surface area contributed by atoms with E-state index in [1.165, 1.54) is 22.9 Å². The van der Waals surface area contributed by atoms with Crippen molar-refractivity contribution in [2.45, 2.75) is 6.85 Å². The first kappa shape index (κ1) is 22.9. The fraction of sp³-hybridized carbons (Fsp3) is 0.0182. The quantitative estimate of drug-likeness (QED) is 0.142. The number of hydrogen-bond acceptors (Lipinski definition) is 2. The van der Waals surface area contributed by atoms with Gasteiger partial charge >= 0.3 is 308 Å². The third-order valence-corrected chi connectivity index (χ3v) is 11.2. The van der Waals surface area contributed by atoms with E-state index < -0.39 is 79.4 Å². The van der Waals surface area contributed by atoms with Crippen molar-refractivity contribution in [3.63, 3.8) is 0 Å². The molecule has 11 rings (SSSR count). The molecule has 0 atom stereocenters. The SMILES string of the molecule is [2H]c1c([2H])c([2H])c(-c2cccc(-c3c([2H])c([2H])c([2H])c([2H])c3[2H])c2-n2[c](=[Pt])n(-c3[c-]c(Oc4[c-]c5c(cc4)c4c([2H])c([2H])c([2H])c([2H])c4n5-c4cc(C([2H])([2H])[2H])c(-c5ccccc5)cn4)ccc3)c3ccccc32)c([2H])c1[2H]. The Labute approximate surface area is 388 Å². The van der Waals surface area contributed by atoms with E-state index in [2.05, 4.69) is 31.5 Å². The Bertz CT molecular complexity index is 4290. The standard InChI is InChI=1S/C55H36N4O.Pt/c1-38-33-54(56-36-49(38)41-21-9-4-10-22-41)59-50-28-12-11-25-47(50)48-32-31-44(35-53(48)59)60-43-24-15-23-42(34-43)57-37-58(52-30-14-13-29-51(52)57)55-45(39-17-5-2-6-18-39)26-16-27-46(55)40-19-7-3-8-20-40;/h2-33,36H,1H3;/q-2;/i1D3,2D,3D,5D,6D,7D,8D,11D,12D,17D,18D,19D,20D,25D,28D;. The zero-order valence-electron chi connectivity index (χ0n) is 48.5. The average Bonchev–Trinajstić information content (AvgIpc) is 3.97. The van der Waals surface area contributed by atoms with Gasteiger partial charge in [0.15, 0.2) is 0 Å². The van der Waals surface area contributed by atoms with Crippen molar-refractivity contribution in [1.82, 2.24) is 18.7 Å². The summed E-state index contributed by atoms with van der Waals surface area (Å²) in [4.78, 5) is 4.70. The first-order valence-corrected chi connectivity index (χ1v) is 19.9. The Morgan fingerprint density at radius 3 is 1.95 bits per heavy atom. The molecule has 6 heteroatoms. The molecule has 0 saturated carbocycles. The summed E-state index contributed by atoms with van der Waals surface area (Å²) in [6.45, 7) is -2.62. The van der Waals surface area contributed by atoms with Gasteiger partial charge in [0.2, 0.25) is 0 Å². The van der Waals surface area contributed by atoms with E-state index in [-0.39, 0.29) is 79.3 Å². The predicted molar refractivity (Wildman–Crippen MR) is 243 cm³/mol. The van der Waals surface area contributed by atoms with Gasteiger partial charge in [0, 0.05) is 15.9 Å². The fourth-order valence-electron chi connectivity index (χ4n) is 7.58. The number of hydrogen-bond donors (Lipinski definition) is 0. The summed E-state index contributed by atoms with van der Waals surface area (Å²) < 4.78 is 160. The van der Waals surface area contributed by atoms with Crippen LogP contribution in [-0.2, 0) is 19.4 Å². The van der Waals surface area contributed by atoms with Crippen LogP contribution in [0.5, 0.6) is 11.5 Å². The number of benzene rings is 8. The topological polar surface area (TPSA) is 36.9 Å². The Hall–Kier alpha value is -7.33. The van der Waals surface area contributed by atoms with Crippen LogP contribution in [0.15, 0.2) is 200 Å². The molecule has 0 spiro atoms. The van der Waals surface area contributed by atoms with Gasteiger partial charge < -0.3 is 0 Å². The van der Waals surface area contributed by atoms with E-state index in [0.29, 0.717) is 37.0 Å². The normalized spacial score (nSPS) is 15.6. The van der Waals surface area contributed by atoms with Crippen LogP contribution in [0.3, 0.4) is 0 Å². The van der Waals surface area contributed by atoms with Gasteiger partial charge in [-0.15, -0.1) is 0 Å². The van der Waals surface area contributed by atoms with E-state index in [0.717, 1.165) is 0 Å². The van der Waals surface area contributed by atoms with Crippen molar-refractivity contribution in [3.8, 4) is 62.1 Å². The number of rotatable bonds is 8. The van der Waals surface area contributed by atoms with Crippen LogP contribution in [0.2, 0.25) is 0 Å². The first-order chi connectivity index (χ1) is 37.1. The summed E-state index contributed by atoms with van der Waals surface area (Å²) in [7, 11) is 0. The molecule has 3 heterocycles. The van der Waals surface area contributed by atoms with Crippen LogP contribution in [-0.4, -0.2) is 18.7 Å². The molecule has 0 unspecified atom stereocenters. The molecule has 61 heavy (non-hydrogen) atoms. The van der Waals surface area contributed by atoms with Crippen molar-refractivity contribution >= 4 is 32.8 Å². The zero-order valence-corrected chi connectivity index (χ0v) is 33.8. The van der Waals surface area contributed by atoms with Gasteiger partial charge in [-0.05, 0) is 18.0 Å². The average molecular weight is 981 g/mol. The molecule has 0 bridgehead atoms. The van der Waals surface area contributed by atoms with Gasteiger partial charge in [0.25, 0.3) is 0 Å². The van der Waals surface area contributed by atoms with Gasteiger partial charge in [-0.3, -0.25) is 0 Å². The molecule has 0 aliphatic rings. The van der Waals surface area contributed by atoms with Crippen LogP contribution in [0.1, 0.15) is 28.9 Å². The summed E-state index contributed by atoms with van der Waals surface area (Å²) in [6.07, 6.45) is 1.43. The van der Waals surface area contributed by atoms with E-state index in [1.807, 2.05) is 10.6 Å². The third kappa shape index (κ3) is 6.46. The second-order valence-corrected chi connectivity index (χ2v) is 14.7. The molecule has 5 nitrogen and oxygen atoms in total. The number of nitrogens with zero attached hydrogens (tertiary/aromatic N) is 4. The van der Waals surface area contributed by atoms with Crippen LogP contribution >= 0.6 is 0 Å². The number of aryl methyl sites for hydroxylation is 1. The molecule has 0 fully saturated rings. The predicted octanol–water partition coefficient (Wildman–Crippen LogP) is 13.7. The van der Waals surface area contributed by atoms with Gasteiger partial charge in [-0.1, -0.05) is 42.4 Å². The molecule has 294 valence electrons. The number of fused-ring (bicyclic) bond motifs is 4. The molecular weight excluding hydrogens is 928 g/mol. The molecule has 3 aromatic heterocycles. The summed E-state index contributed by atoms with van der Waals surface area (Å²) in [5.41, 5.74) is 2.66. The number of imidazole rings is 1. The number of ether oxygens (including phenoxy) is 1. The minimum atomic E-state index is -2.62. The maximum absolute atomic E-state index is 9.09. The molecule has 0 saturated heterocycles. The van der Waals surface area contributed by atoms with Crippen molar-refractivity contribution in [2.24, 2.45) is 0 Å². The van der Waals surface area contributed by atoms with E-state index in [9.17, 15) is 0 Å². The summed E-state index contributed by atoms with van der Waals surface area (Å²) in [6, 6.07) is 29.6. The minimum absolute atomic E-state index is 0.0373. The molecule has 0 aliphatic heterocycles. The van der Waals surface area contributed by atoms with Gasteiger partial charge in [0.1, 0.15) is 0 Å². The van der Waals surface area contributed by atoms with Gasteiger partial charge in [0.05, 0.1) is 5.48 Å². The first-order valence-electron chi connectivity index (χ1n) is 27.3. The Morgan fingerprint density at radius 2 is 1.21 bits per heavy atom. The summed E-state index contributed by atoms with van der Waals surface area (Å²) in [5.74, 6) is 0.341. The zero-order chi connectivity index (χ0) is 55.5. The molecule has 0 radical (unpaired) electrons.